The summed E-state index contributed by atoms with van der Waals surface area (Å²) >= 11 is 0. The summed E-state index contributed by atoms with van der Waals surface area (Å²) in [5.41, 5.74) is 8.17. The molecule has 0 bridgehead atoms. The lowest BCUT2D eigenvalue weighted by Gasteiger charge is -2.33. The van der Waals surface area contributed by atoms with E-state index in [1.165, 1.54) is 0 Å². The molecule has 2 N–H and O–H groups in total. The number of nitrogens with zero attached hydrogens (tertiary/aromatic N) is 2. The molecule has 0 aromatic heterocycles. The molecule has 19 heavy (non-hydrogen) atoms. The zero-order chi connectivity index (χ0) is 14.0. The van der Waals surface area contributed by atoms with Crippen molar-refractivity contribution in [3.63, 3.8) is 0 Å². The molecule has 5 heteroatoms. The zero-order valence-electron chi connectivity index (χ0n) is 11.7. The molecule has 5 nitrogen and oxygen atoms in total. The number of carbonyl (C=O) groups excluding carboxylic acids is 1. The number of morpholine rings is 1. The molecule has 0 radical (unpaired) electrons. The molecule has 0 saturated carbocycles. The summed E-state index contributed by atoms with van der Waals surface area (Å²) < 4.78 is 5.35. The summed E-state index contributed by atoms with van der Waals surface area (Å²) in [5.74, 6) is 0.0211. The summed E-state index contributed by atoms with van der Waals surface area (Å²) in [6.45, 7) is 3.82. The molecule has 0 spiro atoms. The highest BCUT2D eigenvalue weighted by Crippen LogP contribution is 2.23. The predicted molar refractivity (Wildman–Crippen MR) is 76.5 cm³/mol. The third kappa shape index (κ3) is 2.81. The van der Waals surface area contributed by atoms with Gasteiger partial charge in [-0.2, -0.15) is 0 Å². The Labute approximate surface area is 113 Å². The van der Waals surface area contributed by atoms with Crippen LogP contribution in [0.4, 0.5) is 11.4 Å². The maximum absolute atomic E-state index is 12.4. The Bertz CT molecular complexity index is 474. The van der Waals surface area contributed by atoms with E-state index < -0.39 is 0 Å². The van der Waals surface area contributed by atoms with Gasteiger partial charge in [0.1, 0.15) is 0 Å². The third-order valence-electron chi connectivity index (χ3n) is 3.38. The van der Waals surface area contributed by atoms with E-state index >= 15 is 0 Å². The molecule has 1 atom stereocenters. The molecule has 1 aliphatic heterocycles. The topological polar surface area (TPSA) is 58.8 Å². The number of nitrogen functional groups attached to an aromatic ring is 1. The van der Waals surface area contributed by atoms with Gasteiger partial charge in [0, 0.05) is 26.2 Å². The highest BCUT2D eigenvalue weighted by atomic mass is 16.5. The van der Waals surface area contributed by atoms with Crippen molar-refractivity contribution in [3.05, 3.63) is 23.8 Å². The highest BCUT2D eigenvalue weighted by Gasteiger charge is 2.25. The fourth-order valence-corrected chi connectivity index (χ4v) is 2.29. The van der Waals surface area contributed by atoms with Crippen LogP contribution in [-0.2, 0) is 4.74 Å². The molecule has 1 amide bonds. The van der Waals surface area contributed by atoms with Crippen LogP contribution in [0.25, 0.3) is 0 Å². The largest absolute Gasteiger partial charge is 0.397 e. The van der Waals surface area contributed by atoms with Crippen LogP contribution in [0, 0.1) is 0 Å². The molecule has 1 heterocycles. The van der Waals surface area contributed by atoms with Crippen LogP contribution >= 0.6 is 0 Å². The molecular formula is C14H21N3O2. The Morgan fingerprint density at radius 1 is 1.47 bits per heavy atom. The van der Waals surface area contributed by atoms with E-state index in [4.69, 9.17) is 10.5 Å². The Hall–Kier alpha value is -1.75. The number of anilines is 2. The lowest BCUT2D eigenvalue weighted by molar-refractivity contribution is 0.00360. The number of hydrogen-bond donors (Lipinski definition) is 1. The van der Waals surface area contributed by atoms with Crippen LogP contribution in [0.15, 0.2) is 18.2 Å². The maximum Gasteiger partial charge on any atom is 0.254 e. The molecule has 1 fully saturated rings. The first-order valence-corrected chi connectivity index (χ1v) is 6.46. The number of ether oxygens (including phenoxy) is 1. The smallest absolute Gasteiger partial charge is 0.254 e. The van der Waals surface area contributed by atoms with Crippen molar-refractivity contribution in [2.75, 3.05) is 44.5 Å². The minimum absolute atomic E-state index is 0.0211. The van der Waals surface area contributed by atoms with Crippen molar-refractivity contribution in [2.45, 2.75) is 13.0 Å². The van der Waals surface area contributed by atoms with Crippen molar-refractivity contribution in [3.8, 4) is 0 Å². The van der Waals surface area contributed by atoms with Crippen LogP contribution < -0.4 is 10.6 Å². The monoisotopic (exact) mass is 263 g/mol. The van der Waals surface area contributed by atoms with E-state index in [9.17, 15) is 4.79 Å². The van der Waals surface area contributed by atoms with Gasteiger partial charge in [-0.05, 0) is 25.1 Å². The van der Waals surface area contributed by atoms with Crippen molar-refractivity contribution >= 4 is 17.3 Å². The summed E-state index contributed by atoms with van der Waals surface area (Å²) in [4.78, 5) is 16.2. The van der Waals surface area contributed by atoms with Gasteiger partial charge >= 0.3 is 0 Å². The Morgan fingerprint density at radius 2 is 2.21 bits per heavy atom. The van der Waals surface area contributed by atoms with Gasteiger partial charge in [-0.1, -0.05) is 0 Å². The van der Waals surface area contributed by atoms with Crippen molar-refractivity contribution in [1.82, 2.24) is 4.90 Å². The van der Waals surface area contributed by atoms with Crippen molar-refractivity contribution in [2.24, 2.45) is 0 Å². The second-order valence-corrected chi connectivity index (χ2v) is 5.09. The molecule has 0 aliphatic carbocycles. The van der Waals surface area contributed by atoms with Crippen LogP contribution in [-0.4, -0.2) is 50.7 Å². The lowest BCUT2D eigenvalue weighted by atomic mass is 10.1. The molecule has 1 aromatic carbocycles. The Balaban J connectivity index is 2.22. The normalized spacial score (nSPS) is 19.3. The van der Waals surface area contributed by atoms with Gasteiger partial charge in [0.15, 0.2) is 0 Å². The predicted octanol–water partition coefficient (Wildman–Crippen LogP) is 1.20. The molecule has 1 aromatic rings. The van der Waals surface area contributed by atoms with E-state index in [0.29, 0.717) is 31.0 Å². The Morgan fingerprint density at radius 3 is 2.79 bits per heavy atom. The van der Waals surface area contributed by atoms with Gasteiger partial charge in [0.25, 0.3) is 5.91 Å². The fraction of sp³-hybridized carbons (Fsp3) is 0.500. The average Bonchev–Trinajstić information content (AvgIpc) is 2.38. The standard InChI is InChI=1S/C14H21N3O2/c1-10-9-19-7-6-17(10)14(18)11-4-5-13(16(2)3)12(15)8-11/h4-5,8,10H,6-7,9,15H2,1-3H3. The van der Waals surface area contributed by atoms with Gasteiger partial charge in [0.05, 0.1) is 30.6 Å². The first kappa shape index (κ1) is 13.7. The molecule has 104 valence electrons. The van der Waals surface area contributed by atoms with E-state index in [-0.39, 0.29) is 11.9 Å². The second-order valence-electron chi connectivity index (χ2n) is 5.09. The van der Waals surface area contributed by atoms with Gasteiger partial charge in [-0.25, -0.2) is 0 Å². The van der Waals surface area contributed by atoms with E-state index in [2.05, 4.69) is 0 Å². The molecule has 1 saturated heterocycles. The van der Waals surface area contributed by atoms with Gasteiger partial charge < -0.3 is 20.3 Å². The summed E-state index contributed by atoms with van der Waals surface area (Å²) in [7, 11) is 3.86. The Kier molecular flexibility index (Phi) is 3.95. The lowest BCUT2D eigenvalue weighted by Crippen LogP contribution is -2.47. The molecule has 1 unspecified atom stereocenters. The minimum atomic E-state index is 0.0211. The highest BCUT2D eigenvalue weighted by molar-refractivity contribution is 5.96. The summed E-state index contributed by atoms with van der Waals surface area (Å²) in [6, 6.07) is 5.57. The summed E-state index contributed by atoms with van der Waals surface area (Å²) in [6.07, 6.45) is 0. The van der Waals surface area contributed by atoms with Crippen LogP contribution in [0.5, 0.6) is 0 Å². The zero-order valence-corrected chi connectivity index (χ0v) is 11.7. The van der Waals surface area contributed by atoms with Crippen molar-refractivity contribution < 1.29 is 9.53 Å². The van der Waals surface area contributed by atoms with E-state index in [1.54, 1.807) is 6.07 Å². The number of nitrogens with two attached hydrogens (primary N) is 1. The number of benzene rings is 1. The minimum Gasteiger partial charge on any atom is -0.397 e. The quantitative estimate of drug-likeness (QED) is 0.814. The van der Waals surface area contributed by atoms with Gasteiger partial charge in [0.2, 0.25) is 0 Å². The van der Waals surface area contributed by atoms with Crippen LogP contribution in [0.1, 0.15) is 17.3 Å². The SMILES string of the molecule is CC1COCCN1C(=O)c1ccc(N(C)C)c(N)c1. The molecule has 1 aliphatic rings. The number of amides is 1. The van der Waals surface area contributed by atoms with Crippen LogP contribution in [0.2, 0.25) is 0 Å². The van der Waals surface area contributed by atoms with Crippen molar-refractivity contribution in [1.29, 1.82) is 0 Å². The maximum atomic E-state index is 12.4. The van der Waals surface area contributed by atoms with Crippen LogP contribution in [0.3, 0.4) is 0 Å². The molecular weight excluding hydrogens is 242 g/mol. The number of hydrogen-bond acceptors (Lipinski definition) is 4. The average molecular weight is 263 g/mol. The van der Waals surface area contributed by atoms with Gasteiger partial charge in [-0.3, -0.25) is 4.79 Å². The number of rotatable bonds is 2. The molecule has 2 rings (SSSR count). The van der Waals surface area contributed by atoms with E-state index in [1.807, 2.05) is 43.0 Å². The van der Waals surface area contributed by atoms with Gasteiger partial charge in [-0.15, -0.1) is 0 Å². The first-order valence-electron chi connectivity index (χ1n) is 6.46. The summed E-state index contributed by atoms with van der Waals surface area (Å²) in [5, 5.41) is 0. The first-order chi connectivity index (χ1) is 9.00. The number of carbonyl (C=O) groups is 1. The van der Waals surface area contributed by atoms with E-state index in [0.717, 1.165) is 5.69 Å². The second kappa shape index (κ2) is 5.48. The fourth-order valence-electron chi connectivity index (χ4n) is 2.29. The third-order valence-corrected chi connectivity index (χ3v) is 3.38.